The summed E-state index contributed by atoms with van der Waals surface area (Å²) in [6, 6.07) is 7.08. The lowest BCUT2D eigenvalue weighted by atomic mass is 9.78. The molecule has 2 aliphatic rings. The molecular formula is C31H34N6O5. The number of likely N-dealkylation sites (N-methyl/N-ethyl adjacent to an activating group) is 1. The number of aromatic nitrogens is 2. The smallest absolute Gasteiger partial charge is 0.412 e. The number of nitrogens with zero attached hydrogens (tertiary/aromatic N) is 3. The quantitative estimate of drug-likeness (QED) is 0.285. The highest BCUT2D eigenvalue weighted by Crippen LogP contribution is 2.38. The van der Waals surface area contributed by atoms with E-state index in [0.29, 0.717) is 42.6 Å². The van der Waals surface area contributed by atoms with Gasteiger partial charge in [0, 0.05) is 42.7 Å². The van der Waals surface area contributed by atoms with Crippen molar-refractivity contribution in [3.05, 3.63) is 60.1 Å². The van der Waals surface area contributed by atoms with Gasteiger partial charge < -0.3 is 15.0 Å². The van der Waals surface area contributed by atoms with Crippen molar-refractivity contribution in [2.45, 2.75) is 64.5 Å². The third-order valence-electron chi connectivity index (χ3n) is 7.72. The Labute approximate surface area is 243 Å². The van der Waals surface area contributed by atoms with Crippen molar-refractivity contribution in [2.75, 3.05) is 17.7 Å². The summed E-state index contributed by atoms with van der Waals surface area (Å²) in [5, 5.41) is 9.48. The maximum atomic E-state index is 12.9. The number of rotatable bonds is 4. The van der Waals surface area contributed by atoms with Crippen LogP contribution in [0.5, 0.6) is 0 Å². The van der Waals surface area contributed by atoms with Gasteiger partial charge >= 0.3 is 12.1 Å². The number of fused-ring (bicyclic) bond motifs is 1. The molecule has 0 radical (unpaired) electrons. The lowest BCUT2D eigenvalue weighted by Crippen LogP contribution is -2.49. The fourth-order valence-electron chi connectivity index (χ4n) is 5.45. The zero-order valence-corrected chi connectivity index (χ0v) is 24.3. The number of amides is 5. The second-order valence-electron chi connectivity index (χ2n) is 11.8. The van der Waals surface area contributed by atoms with Gasteiger partial charge in [0.1, 0.15) is 17.0 Å². The average molecular weight is 571 g/mol. The molecule has 3 aromatic rings. The number of aryl methyl sites for hydroxylation is 1. The Hall–Kier alpha value is -4.80. The number of benzene rings is 1. The number of hydrogen-bond acceptors (Lipinski definition) is 7. The molecule has 0 bridgehead atoms. The Bertz CT molecular complexity index is 1630. The summed E-state index contributed by atoms with van der Waals surface area (Å²) >= 11 is 0. The summed E-state index contributed by atoms with van der Waals surface area (Å²) in [4.78, 5) is 60.1. The summed E-state index contributed by atoms with van der Waals surface area (Å²) in [6.07, 6.45) is 8.00. The monoisotopic (exact) mass is 570 g/mol. The summed E-state index contributed by atoms with van der Waals surface area (Å²) in [5.41, 5.74) is 2.65. The van der Waals surface area contributed by atoms with Crippen molar-refractivity contribution < 1.29 is 23.9 Å². The molecule has 218 valence electrons. The first-order valence-electron chi connectivity index (χ1n) is 13.8. The highest BCUT2D eigenvalue weighted by Gasteiger charge is 2.51. The SMILES string of the molecule is Cc1ccncc1-c1cc(NC(=O)OC(C)(C)C)c2cnc(NC(=O)C=C3CCC4(CC3)C(=O)NC(=O)N4C)cc2c1. The number of pyridine rings is 2. The van der Waals surface area contributed by atoms with Crippen molar-refractivity contribution in [1.29, 1.82) is 0 Å². The van der Waals surface area contributed by atoms with Crippen LogP contribution in [0, 0.1) is 6.92 Å². The Balaban J connectivity index is 1.39. The summed E-state index contributed by atoms with van der Waals surface area (Å²) in [5.74, 6) is -0.264. The molecule has 1 saturated carbocycles. The maximum Gasteiger partial charge on any atom is 0.412 e. The van der Waals surface area contributed by atoms with Gasteiger partial charge in [0.15, 0.2) is 0 Å². The lowest BCUT2D eigenvalue weighted by Gasteiger charge is -2.36. The van der Waals surface area contributed by atoms with Gasteiger partial charge in [-0.3, -0.25) is 25.2 Å². The number of carbonyl (C=O) groups is 4. The first kappa shape index (κ1) is 28.7. The van der Waals surface area contributed by atoms with Crippen LogP contribution in [0.15, 0.2) is 54.5 Å². The van der Waals surface area contributed by atoms with Crippen LogP contribution in [-0.4, -0.2) is 57.0 Å². The van der Waals surface area contributed by atoms with Crippen molar-refractivity contribution in [3.8, 4) is 11.1 Å². The Morgan fingerprint density at radius 1 is 1.10 bits per heavy atom. The Morgan fingerprint density at radius 2 is 1.83 bits per heavy atom. The topological polar surface area (TPSA) is 143 Å². The molecule has 1 saturated heterocycles. The van der Waals surface area contributed by atoms with Crippen molar-refractivity contribution in [2.24, 2.45) is 0 Å². The predicted octanol–water partition coefficient (Wildman–Crippen LogP) is 5.31. The average Bonchev–Trinajstić information content (AvgIpc) is 3.11. The van der Waals surface area contributed by atoms with Crippen LogP contribution in [0.3, 0.4) is 0 Å². The second-order valence-corrected chi connectivity index (χ2v) is 11.8. The largest absolute Gasteiger partial charge is 0.444 e. The molecule has 11 heteroatoms. The van der Waals surface area contributed by atoms with Gasteiger partial charge in [0.25, 0.3) is 5.91 Å². The molecule has 5 amide bonds. The second kappa shape index (κ2) is 10.9. The number of nitrogens with one attached hydrogen (secondary N) is 3. The van der Waals surface area contributed by atoms with Gasteiger partial charge in [-0.05, 0) is 94.2 Å². The normalized spacial score (nSPS) is 18.7. The molecule has 2 fully saturated rings. The van der Waals surface area contributed by atoms with Crippen LogP contribution >= 0.6 is 0 Å². The lowest BCUT2D eigenvalue weighted by molar-refractivity contribution is -0.127. The van der Waals surface area contributed by atoms with E-state index in [0.717, 1.165) is 27.6 Å². The van der Waals surface area contributed by atoms with Gasteiger partial charge in [-0.15, -0.1) is 0 Å². The van der Waals surface area contributed by atoms with Gasteiger partial charge in [0.05, 0.1) is 5.69 Å². The van der Waals surface area contributed by atoms with Crippen LogP contribution in [0.2, 0.25) is 0 Å². The van der Waals surface area contributed by atoms with Gasteiger partial charge in [-0.25, -0.2) is 14.6 Å². The predicted molar refractivity (Wildman–Crippen MR) is 159 cm³/mol. The number of anilines is 2. The highest BCUT2D eigenvalue weighted by atomic mass is 16.6. The van der Waals surface area contributed by atoms with E-state index in [1.165, 1.54) is 4.90 Å². The van der Waals surface area contributed by atoms with Crippen LogP contribution in [0.4, 0.5) is 21.1 Å². The number of imide groups is 1. The molecule has 5 rings (SSSR count). The van der Waals surface area contributed by atoms with Gasteiger partial charge in [-0.2, -0.15) is 0 Å². The van der Waals surface area contributed by atoms with Crippen LogP contribution < -0.4 is 16.0 Å². The van der Waals surface area contributed by atoms with E-state index in [1.807, 2.05) is 25.1 Å². The zero-order valence-electron chi connectivity index (χ0n) is 24.3. The van der Waals surface area contributed by atoms with E-state index in [9.17, 15) is 19.2 Å². The minimum atomic E-state index is -0.847. The number of carbonyl (C=O) groups excluding carboxylic acids is 4. The molecular weight excluding hydrogens is 536 g/mol. The first-order valence-corrected chi connectivity index (χ1v) is 13.8. The molecule has 0 unspecified atom stereocenters. The number of urea groups is 1. The van der Waals surface area contributed by atoms with Crippen molar-refractivity contribution >= 4 is 46.2 Å². The van der Waals surface area contributed by atoms with Gasteiger partial charge in [0.2, 0.25) is 5.91 Å². The van der Waals surface area contributed by atoms with E-state index >= 15 is 0 Å². The number of allylic oxidation sites excluding steroid dienone is 1. The fraction of sp³-hybridized carbons (Fsp3) is 0.355. The third-order valence-corrected chi connectivity index (χ3v) is 7.72. The molecule has 42 heavy (non-hydrogen) atoms. The molecule has 0 atom stereocenters. The van der Waals surface area contributed by atoms with Crippen molar-refractivity contribution in [3.63, 3.8) is 0 Å². The van der Waals surface area contributed by atoms with E-state index in [2.05, 4.69) is 25.9 Å². The minimum Gasteiger partial charge on any atom is -0.444 e. The standard InChI is InChI=1S/C31H34N6O5/c1-18-8-11-32-16-22(18)20-13-21-15-25(33-17-23(21)24(14-20)34-29(41)42-30(2,3)4)35-26(38)12-19-6-9-31(10-7-19)27(39)36-28(40)37(31)5/h8,11-17H,6-7,9-10H2,1-5H3,(H,34,41)(H,33,35,38)(H,36,39,40). The van der Waals surface area contributed by atoms with Crippen LogP contribution in [-0.2, 0) is 14.3 Å². The fourth-order valence-corrected chi connectivity index (χ4v) is 5.45. The maximum absolute atomic E-state index is 12.9. The van der Waals surface area contributed by atoms with Gasteiger partial charge in [-0.1, -0.05) is 5.57 Å². The molecule has 1 spiro atoms. The molecule has 2 aromatic heterocycles. The summed E-state index contributed by atoms with van der Waals surface area (Å²) in [6.45, 7) is 7.36. The molecule has 1 aromatic carbocycles. The van der Waals surface area contributed by atoms with Crippen LogP contribution in [0.1, 0.15) is 52.0 Å². The minimum absolute atomic E-state index is 0.278. The summed E-state index contributed by atoms with van der Waals surface area (Å²) in [7, 11) is 1.63. The van der Waals surface area contributed by atoms with E-state index < -0.39 is 17.2 Å². The Kier molecular flexibility index (Phi) is 7.44. The molecule has 11 nitrogen and oxygen atoms in total. The van der Waals surface area contributed by atoms with E-state index in [1.54, 1.807) is 58.6 Å². The molecule has 3 N–H and O–H groups in total. The highest BCUT2D eigenvalue weighted by molar-refractivity contribution is 6.07. The Morgan fingerprint density at radius 3 is 2.48 bits per heavy atom. The number of hydrogen-bond donors (Lipinski definition) is 3. The molecule has 1 aliphatic heterocycles. The van der Waals surface area contributed by atoms with E-state index in [4.69, 9.17) is 4.74 Å². The summed E-state index contributed by atoms with van der Waals surface area (Å²) < 4.78 is 5.47. The van der Waals surface area contributed by atoms with Crippen molar-refractivity contribution in [1.82, 2.24) is 20.2 Å². The third kappa shape index (κ3) is 5.81. The molecule has 1 aliphatic carbocycles. The van der Waals surface area contributed by atoms with E-state index in [-0.39, 0.29) is 17.8 Å². The first-order chi connectivity index (χ1) is 19.8. The molecule has 3 heterocycles. The number of ether oxygens (including phenoxy) is 1. The zero-order chi connectivity index (χ0) is 30.2. The van der Waals surface area contributed by atoms with Crippen LogP contribution in [0.25, 0.3) is 21.9 Å².